The molecule has 0 spiro atoms. The number of aryl methyl sites for hydroxylation is 1. The second kappa shape index (κ2) is 7.92. The monoisotopic (exact) mass is 371 g/mol. The van der Waals surface area contributed by atoms with E-state index in [4.69, 9.17) is 0 Å². The molecule has 1 amide bonds. The first kappa shape index (κ1) is 17.7. The Balaban J connectivity index is 1.32. The molecule has 4 aromatic rings. The highest BCUT2D eigenvalue weighted by Crippen LogP contribution is 2.18. The van der Waals surface area contributed by atoms with Crippen molar-refractivity contribution in [1.82, 2.24) is 15.2 Å². The molecule has 0 unspecified atom stereocenters. The summed E-state index contributed by atoms with van der Waals surface area (Å²) in [7, 11) is 0. The van der Waals surface area contributed by atoms with Crippen molar-refractivity contribution in [2.75, 3.05) is 17.2 Å². The van der Waals surface area contributed by atoms with Crippen LogP contribution in [0.3, 0.4) is 0 Å². The molecule has 2 aromatic carbocycles. The number of para-hydroxylation sites is 1. The van der Waals surface area contributed by atoms with E-state index in [-0.39, 0.29) is 5.91 Å². The average molecular weight is 371 g/mol. The molecular weight excluding hydrogens is 350 g/mol. The molecule has 28 heavy (non-hydrogen) atoms. The molecule has 0 saturated heterocycles. The molecule has 0 atom stereocenters. The van der Waals surface area contributed by atoms with Crippen LogP contribution in [0.5, 0.6) is 0 Å². The van der Waals surface area contributed by atoms with E-state index in [2.05, 4.69) is 37.9 Å². The number of aromatic nitrogens is 3. The van der Waals surface area contributed by atoms with Crippen LogP contribution in [0.1, 0.15) is 21.5 Å². The van der Waals surface area contributed by atoms with Crippen LogP contribution in [0.2, 0.25) is 0 Å². The van der Waals surface area contributed by atoms with Crippen molar-refractivity contribution in [2.24, 2.45) is 0 Å². The van der Waals surface area contributed by atoms with E-state index in [0.717, 1.165) is 24.0 Å². The zero-order chi connectivity index (χ0) is 19.3. The summed E-state index contributed by atoms with van der Waals surface area (Å²) in [6, 6.07) is 19.2. The number of nitrogens with one attached hydrogen (secondary N) is 3. The van der Waals surface area contributed by atoms with Gasteiger partial charge in [-0.15, -0.1) is 10.2 Å². The number of fused-ring (bicyclic) bond motifs is 1. The van der Waals surface area contributed by atoms with Crippen LogP contribution in [0.25, 0.3) is 10.9 Å². The van der Waals surface area contributed by atoms with Crippen molar-refractivity contribution in [3.63, 3.8) is 0 Å². The number of nitrogens with zero attached hydrogens (tertiary/aromatic N) is 2. The summed E-state index contributed by atoms with van der Waals surface area (Å²) < 4.78 is 0. The summed E-state index contributed by atoms with van der Waals surface area (Å²) in [5.74, 6) is 0.898. The van der Waals surface area contributed by atoms with Crippen molar-refractivity contribution >= 4 is 28.4 Å². The minimum absolute atomic E-state index is 0.200. The molecule has 0 fully saturated rings. The molecule has 4 rings (SSSR count). The van der Waals surface area contributed by atoms with E-state index >= 15 is 0 Å². The van der Waals surface area contributed by atoms with E-state index < -0.39 is 0 Å². The number of rotatable bonds is 6. The van der Waals surface area contributed by atoms with Crippen LogP contribution in [0.4, 0.5) is 11.6 Å². The molecule has 6 nitrogen and oxygen atoms in total. The Kier molecular flexibility index (Phi) is 5.01. The second-order valence-corrected chi connectivity index (χ2v) is 6.66. The lowest BCUT2D eigenvalue weighted by Gasteiger charge is -2.07. The largest absolute Gasteiger partial charge is 0.368 e. The van der Waals surface area contributed by atoms with E-state index in [1.807, 2.05) is 43.5 Å². The Labute approximate surface area is 163 Å². The Morgan fingerprint density at radius 2 is 1.71 bits per heavy atom. The van der Waals surface area contributed by atoms with Gasteiger partial charge in [0, 0.05) is 29.2 Å². The molecule has 0 aliphatic rings. The molecule has 0 aliphatic heterocycles. The van der Waals surface area contributed by atoms with Gasteiger partial charge in [0.1, 0.15) is 5.82 Å². The van der Waals surface area contributed by atoms with Gasteiger partial charge in [0.25, 0.3) is 5.91 Å². The predicted octanol–water partition coefficient (Wildman–Crippen LogP) is 4.17. The van der Waals surface area contributed by atoms with Gasteiger partial charge in [-0.05, 0) is 49.2 Å². The summed E-state index contributed by atoms with van der Waals surface area (Å²) in [4.78, 5) is 15.5. The third kappa shape index (κ3) is 4.01. The van der Waals surface area contributed by atoms with Gasteiger partial charge < -0.3 is 15.6 Å². The number of hydrogen-bond donors (Lipinski definition) is 3. The lowest BCUT2D eigenvalue weighted by Crippen LogP contribution is -2.14. The quantitative estimate of drug-likeness (QED) is 0.475. The van der Waals surface area contributed by atoms with Crippen LogP contribution in [0, 0.1) is 6.92 Å². The zero-order valence-electron chi connectivity index (χ0n) is 15.6. The van der Waals surface area contributed by atoms with Crippen LogP contribution in [-0.4, -0.2) is 27.6 Å². The maximum atomic E-state index is 12.2. The highest BCUT2D eigenvalue weighted by Gasteiger charge is 2.07. The van der Waals surface area contributed by atoms with Gasteiger partial charge in [0.05, 0.1) is 0 Å². The number of anilines is 2. The van der Waals surface area contributed by atoms with Gasteiger partial charge in [0.15, 0.2) is 5.82 Å². The average Bonchev–Trinajstić information content (AvgIpc) is 3.13. The molecule has 0 bridgehead atoms. The Bertz CT molecular complexity index is 1080. The van der Waals surface area contributed by atoms with Gasteiger partial charge >= 0.3 is 0 Å². The molecule has 0 saturated carbocycles. The maximum Gasteiger partial charge on any atom is 0.256 e. The molecule has 0 radical (unpaired) electrons. The molecule has 140 valence electrons. The van der Waals surface area contributed by atoms with E-state index in [1.54, 1.807) is 18.2 Å². The first-order chi connectivity index (χ1) is 13.7. The smallest absolute Gasteiger partial charge is 0.256 e. The molecular formula is C22H21N5O. The standard InChI is InChI=1S/C22H21N5O/c1-15-6-8-16(9-7-15)22(28)25-21-11-10-20(26-27-21)23-13-12-17-14-24-19-5-3-2-4-18(17)19/h2-11,14,24H,12-13H2,1H3,(H,23,26)(H,25,27,28). The second-order valence-electron chi connectivity index (χ2n) is 6.66. The summed E-state index contributed by atoms with van der Waals surface area (Å²) in [6.07, 6.45) is 2.92. The Morgan fingerprint density at radius 3 is 2.50 bits per heavy atom. The van der Waals surface area contributed by atoms with E-state index in [1.165, 1.54) is 10.9 Å². The Hall–Kier alpha value is -3.67. The fourth-order valence-electron chi connectivity index (χ4n) is 3.05. The van der Waals surface area contributed by atoms with Gasteiger partial charge in [-0.3, -0.25) is 4.79 Å². The first-order valence-corrected chi connectivity index (χ1v) is 9.20. The van der Waals surface area contributed by atoms with E-state index in [0.29, 0.717) is 17.2 Å². The number of amides is 1. The molecule has 6 heteroatoms. The Morgan fingerprint density at radius 1 is 0.964 bits per heavy atom. The number of carbonyl (C=O) groups excluding carboxylic acids is 1. The third-order valence-electron chi connectivity index (χ3n) is 4.60. The predicted molar refractivity (Wildman–Crippen MR) is 112 cm³/mol. The molecule has 2 aromatic heterocycles. The fourth-order valence-corrected chi connectivity index (χ4v) is 3.05. The van der Waals surface area contributed by atoms with Crippen molar-refractivity contribution in [3.05, 3.63) is 83.6 Å². The number of hydrogen-bond acceptors (Lipinski definition) is 4. The normalized spacial score (nSPS) is 10.8. The van der Waals surface area contributed by atoms with Crippen molar-refractivity contribution in [1.29, 1.82) is 0 Å². The molecule has 2 heterocycles. The highest BCUT2D eigenvalue weighted by molar-refractivity contribution is 6.03. The van der Waals surface area contributed by atoms with Crippen LogP contribution < -0.4 is 10.6 Å². The lowest BCUT2D eigenvalue weighted by molar-refractivity contribution is 0.102. The highest BCUT2D eigenvalue weighted by atomic mass is 16.1. The van der Waals surface area contributed by atoms with Gasteiger partial charge in [-0.2, -0.15) is 0 Å². The fraction of sp³-hybridized carbons (Fsp3) is 0.136. The van der Waals surface area contributed by atoms with Crippen LogP contribution >= 0.6 is 0 Å². The summed E-state index contributed by atoms with van der Waals surface area (Å²) in [6.45, 7) is 2.73. The summed E-state index contributed by atoms with van der Waals surface area (Å²) in [5, 5.41) is 15.5. The topological polar surface area (TPSA) is 82.7 Å². The maximum absolute atomic E-state index is 12.2. The van der Waals surface area contributed by atoms with Crippen molar-refractivity contribution in [2.45, 2.75) is 13.3 Å². The SMILES string of the molecule is Cc1ccc(C(=O)Nc2ccc(NCCc3c[nH]c4ccccc34)nn2)cc1. The minimum Gasteiger partial charge on any atom is -0.368 e. The lowest BCUT2D eigenvalue weighted by atomic mass is 10.1. The van der Waals surface area contributed by atoms with Gasteiger partial charge in [0.2, 0.25) is 0 Å². The summed E-state index contributed by atoms with van der Waals surface area (Å²) >= 11 is 0. The first-order valence-electron chi connectivity index (χ1n) is 9.20. The van der Waals surface area contributed by atoms with Gasteiger partial charge in [-0.1, -0.05) is 35.9 Å². The van der Waals surface area contributed by atoms with Crippen molar-refractivity contribution in [3.8, 4) is 0 Å². The minimum atomic E-state index is -0.200. The summed E-state index contributed by atoms with van der Waals surface area (Å²) in [5.41, 5.74) is 4.11. The van der Waals surface area contributed by atoms with Crippen LogP contribution in [0.15, 0.2) is 66.9 Å². The zero-order valence-corrected chi connectivity index (χ0v) is 15.6. The molecule has 0 aliphatic carbocycles. The number of aromatic amines is 1. The number of carbonyl (C=O) groups is 1. The number of H-pyrrole nitrogens is 1. The van der Waals surface area contributed by atoms with Gasteiger partial charge in [-0.25, -0.2) is 0 Å². The van der Waals surface area contributed by atoms with Crippen molar-refractivity contribution < 1.29 is 4.79 Å². The molecule has 3 N–H and O–H groups in total. The third-order valence-corrected chi connectivity index (χ3v) is 4.60. The number of benzene rings is 2. The van der Waals surface area contributed by atoms with E-state index in [9.17, 15) is 4.79 Å². The van der Waals surface area contributed by atoms with Crippen LogP contribution in [-0.2, 0) is 6.42 Å².